The zero-order valence-electron chi connectivity index (χ0n) is 16.0. The van der Waals surface area contributed by atoms with Crippen LogP contribution in [0.15, 0.2) is 24.3 Å². The molecule has 2 fully saturated rings. The molecule has 0 amide bonds. The molecule has 3 unspecified atom stereocenters. The molecule has 1 heterocycles. The SMILES string of the molecule is CC1CCCC(C)N1CC(O)COc1ccc(C2CCCCC2)cc1. The fourth-order valence-corrected chi connectivity index (χ4v) is 4.60. The molecule has 1 aromatic carbocycles. The second-order valence-electron chi connectivity index (χ2n) is 8.19. The van der Waals surface area contributed by atoms with Crippen molar-refractivity contribution in [2.24, 2.45) is 0 Å². The standard InChI is InChI=1S/C22H35NO2/c1-17-7-6-8-18(2)23(17)15-21(24)16-25-22-13-11-20(12-14-22)19-9-4-3-5-10-19/h11-14,17-19,21,24H,3-10,15-16H2,1-2H3. The van der Waals surface area contributed by atoms with Crippen molar-refractivity contribution in [3.8, 4) is 5.75 Å². The smallest absolute Gasteiger partial charge is 0.119 e. The fraction of sp³-hybridized carbons (Fsp3) is 0.727. The summed E-state index contributed by atoms with van der Waals surface area (Å²) >= 11 is 0. The van der Waals surface area contributed by atoms with Gasteiger partial charge < -0.3 is 9.84 Å². The predicted octanol–water partition coefficient (Wildman–Crippen LogP) is 4.74. The molecule has 25 heavy (non-hydrogen) atoms. The highest BCUT2D eigenvalue weighted by atomic mass is 16.5. The van der Waals surface area contributed by atoms with E-state index < -0.39 is 6.10 Å². The van der Waals surface area contributed by atoms with Crippen LogP contribution in [0.4, 0.5) is 0 Å². The van der Waals surface area contributed by atoms with E-state index in [0.717, 1.165) is 11.7 Å². The van der Waals surface area contributed by atoms with E-state index in [4.69, 9.17) is 4.74 Å². The number of hydrogen-bond donors (Lipinski definition) is 1. The lowest BCUT2D eigenvalue weighted by Crippen LogP contribution is -2.48. The molecule has 0 aromatic heterocycles. The van der Waals surface area contributed by atoms with Gasteiger partial charge in [-0.3, -0.25) is 4.90 Å². The average molecular weight is 346 g/mol. The molecule has 1 aliphatic carbocycles. The van der Waals surface area contributed by atoms with Crippen molar-refractivity contribution >= 4 is 0 Å². The Kier molecular flexibility index (Phi) is 6.77. The zero-order chi connectivity index (χ0) is 17.6. The summed E-state index contributed by atoms with van der Waals surface area (Å²) in [6, 6.07) is 9.70. The molecule has 0 spiro atoms. The van der Waals surface area contributed by atoms with Gasteiger partial charge in [-0.15, -0.1) is 0 Å². The van der Waals surface area contributed by atoms with Crippen LogP contribution in [0.3, 0.4) is 0 Å². The van der Waals surface area contributed by atoms with Crippen LogP contribution in [0, 0.1) is 0 Å². The summed E-state index contributed by atoms with van der Waals surface area (Å²) in [5, 5.41) is 10.4. The largest absolute Gasteiger partial charge is 0.491 e. The first-order chi connectivity index (χ1) is 12.1. The molecular weight excluding hydrogens is 310 g/mol. The lowest BCUT2D eigenvalue weighted by Gasteiger charge is -2.40. The second-order valence-corrected chi connectivity index (χ2v) is 8.19. The van der Waals surface area contributed by atoms with Gasteiger partial charge in [-0.25, -0.2) is 0 Å². The Morgan fingerprint density at radius 1 is 0.960 bits per heavy atom. The number of rotatable bonds is 6. The highest BCUT2D eigenvalue weighted by molar-refractivity contribution is 5.29. The number of β-amino-alcohol motifs (C(OH)–C–C–N with tert-alkyl or cyclic N) is 1. The first-order valence-electron chi connectivity index (χ1n) is 10.3. The summed E-state index contributed by atoms with van der Waals surface area (Å²) in [6.45, 7) is 5.63. The number of aliphatic hydroxyl groups is 1. The third-order valence-electron chi connectivity index (χ3n) is 6.20. The van der Waals surface area contributed by atoms with E-state index in [2.05, 4.69) is 43.0 Å². The molecule has 3 nitrogen and oxygen atoms in total. The second kappa shape index (κ2) is 9.05. The third-order valence-corrected chi connectivity index (χ3v) is 6.20. The molecule has 0 radical (unpaired) electrons. The molecule has 3 rings (SSSR count). The van der Waals surface area contributed by atoms with Gasteiger partial charge in [0, 0.05) is 18.6 Å². The summed E-state index contributed by atoms with van der Waals surface area (Å²) in [5.74, 6) is 1.61. The van der Waals surface area contributed by atoms with E-state index in [9.17, 15) is 5.11 Å². The number of ether oxygens (including phenoxy) is 1. The third kappa shape index (κ3) is 5.21. The number of likely N-dealkylation sites (tertiary alicyclic amines) is 1. The van der Waals surface area contributed by atoms with Crippen molar-refractivity contribution in [3.63, 3.8) is 0 Å². The minimum Gasteiger partial charge on any atom is -0.491 e. The van der Waals surface area contributed by atoms with Crippen molar-refractivity contribution in [2.75, 3.05) is 13.2 Å². The molecule has 0 bridgehead atoms. The van der Waals surface area contributed by atoms with Gasteiger partial charge in [0.25, 0.3) is 0 Å². The van der Waals surface area contributed by atoms with Crippen LogP contribution in [-0.4, -0.2) is 41.3 Å². The molecule has 140 valence electrons. The first-order valence-corrected chi connectivity index (χ1v) is 10.3. The van der Waals surface area contributed by atoms with Crippen LogP contribution in [-0.2, 0) is 0 Å². The average Bonchev–Trinajstić information content (AvgIpc) is 2.64. The molecule has 3 atom stereocenters. The van der Waals surface area contributed by atoms with E-state index in [1.807, 2.05) is 0 Å². The fourth-order valence-electron chi connectivity index (χ4n) is 4.60. The van der Waals surface area contributed by atoms with E-state index >= 15 is 0 Å². The minimum absolute atomic E-state index is 0.374. The van der Waals surface area contributed by atoms with Gasteiger partial charge in [0.2, 0.25) is 0 Å². The van der Waals surface area contributed by atoms with Crippen LogP contribution < -0.4 is 4.74 Å². The van der Waals surface area contributed by atoms with Crippen molar-refractivity contribution in [1.82, 2.24) is 4.90 Å². The molecule has 3 heteroatoms. The molecule has 1 N–H and O–H groups in total. The summed E-state index contributed by atoms with van der Waals surface area (Å²) < 4.78 is 5.85. The van der Waals surface area contributed by atoms with Crippen molar-refractivity contribution in [3.05, 3.63) is 29.8 Å². The Morgan fingerprint density at radius 3 is 2.24 bits per heavy atom. The number of aliphatic hydroxyl groups excluding tert-OH is 1. The molecule has 2 aliphatic rings. The van der Waals surface area contributed by atoms with E-state index in [-0.39, 0.29) is 0 Å². The van der Waals surface area contributed by atoms with Crippen LogP contribution in [0.25, 0.3) is 0 Å². The Bertz CT molecular complexity index is 499. The van der Waals surface area contributed by atoms with E-state index in [1.54, 1.807) is 0 Å². The predicted molar refractivity (Wildman–Crippen MR) is 103 cm³/mol. The lowest BCUT2D eigenvalue weighted by atomic mass is 9.84. The van der Waals surface area contributed by atoms with Crippen molar-refractivity contribution in [1.29, 1.82) is 0 Å². The van der Waals surface area contributed by atoms with Crippen molar-refractivity contribution < 1.29 is 9.84 Å². The number of benzene rings is 1. The molecule has 1 saturated carbocycles. The van der Waals surface area contributed by atoms with Gasteiger partial charge in [0.1, 0.15) is 18.5 Å². The van der Waals surface area contributed by atoms with Gasteiger partial charge in [-0.2, -0.15) is 0 Å². The van der Waals surface area contributed by atoms with E-state index in [0.29, 0.717) is 25.2 Å². The maximum atomic E-state index is 10.4. The molecular formula is C22H35NO2. The van der Waals surface area contributed by atoms with Gasteiger partial charge in [-0.1, -0.05) is 37.8 Å². The quantitative estimate of drug-likeness (QED) is 0.808. The topological polar surface area (TPSA) is 32.7 Å². The summed E-state index contributed by atoms with van der Waals surface area (Å²) in [5.41, 5.74) is 1.45. The Labute approximate surface area is 153 Å². The molecule has 1 aromatic rings. The maximum Gasteiger partial charge on any atom is 0.119 e. The Morgan fingerprint density at radius 2 is 1.60 bits per heavy atom. The zero-order valence-corrected chi connectivity index (χ0v) is 16.0. The van der Waals surface area contributed by atoms with Crippen LogP contribution in [0.1, 0.15) is 76.7 Å². The lowest BCUT2D eigenvalue weighted by molar-refractivity contribution is 0.0209. The maximum absolute atomic E-state index is 10.4. The Hall–Kier alpha value is -1.06. The minimum atomic E-state index is -0.430. The van der Waals surface area contributed by atoms with Gasteiger partial charge in [0.05, 0.1) is 0 Å². The molecule has 1 saturated heterocycles. The monoisotopic (exact) mass is 345 g/mol. The summed E-state index contributed by atoms with van der Waals surface area (Å²) in [4.78, 5) is 2.43. The normalized spacial score (nSPS) is 27.2. The first kappa shape index (κ1) is 18.7. The number of piperidine rings is 1. The van der Waals surface area contributed by atoms with Crippen molar-refractivity contribution in [2.45, 2.75) is 89.3 Å². The van der Waals surface area contributed by atoms with Gasteiger partial charge in [-0.05, 0) is 63.1 Å². The number of nitrogens with zero attached hydrogens (tertiary/aromatic N) is 1. The van der Waals surface area contributed by atoms with Crippen LogP contribution in [0.2, 0.25) is 0 Å². The highest BCUT2D eigenvalue weighted by Crippen LogP contribution is 2.33. The highest BCUT2D eigenvalue weighted by Gasteiger charge is 2.26. The van der Waals surface area contributed by atoms with Crippen LogP contribution >= 0.6 is 0 Å². The van der Waals surface area contributed by atoms with Gasteiger partial charge >= 0.3 is 0 Å². The van der Waals surface area contributed by atoms with E-state index in [1.165, 1.54) is 56.9 Å². The molecule has 1 aliphatic heterocycles. The van der Waals surface area contributed by atoms with Gasteiger partial charge in [0.15, 0.2) is 0 Å². The summed E-state index contributed by atoms with van der Waals surface area (Å²) in [7, 11) is 0. The number of hydrogen-bond acceptors (Lipinski definition) is 3. The summed E-state index contributed by atoms with van der Waals surface area (Å²) in [6.07, 6.45) is 10.1. The Balaban J connectivity index is 1.46. The van der Waals surface area contributed by atoms with Crippen LogP contribution in [0.5, 0.6) is 5.75 Å².